The Morgan fingerprint density at radius 3 is 2.72 bits per heavy atom. The number of methoxy groups -OCH3 is 1. The number of nitrogens with zero attached hydrogens (tertiary/aromatic N) is 3. The maximum Gasteiger partial charge on any atom is 0.229 e. The molecule has 8 heteroatoms. The Kier molecular flexibility index (Phi) is 5.60. The van der Waals surface area contributed by atoms with E-state index in [9.17, 15) is 4.39 Å². The van der Waals surface area contributed by atoms with E-state index in [4.69, 9.17) is 14.2 Å². The molecule has 0 atom stereocenters. The van der Waals surface area contributed by atoms with Gasteiger partial charge >= 0.3 is 0 Å². The van der Waals surface area contributed by atoms with E-state index in [2.05, 4.69) is 27.0 Å². The van der Waals surface area contributed by atoms with E-state index in [0.29, 0.717) is 13.1 Å². The van der Waals surface area contributed by atoms with Gasteiger partial charge in [-0.25, -0.2) is 14.4 Å². The number of hydrogen-bond acceptors (Lipinski definition) is 7. The number of thiophene rings is 1. The van der Waals surface area contributed by atoms with Crippen molar-refractivity contribution in [2.24, 2.45) is 0 Å². The van der Waals surface area contributed by atoms with Crippen molar-refractivity contribution in [1.82, 2.24) is 9.97 Å². The molecule has 6 nitrogen and oxygen atoms in total. The second-order valence-corrected chi connectivity index (χ2v) is 8.28. The van der Waals surface area contributed by atoms with Crippen LogP contribution in [0.2, 0.25) is 0 Å². The lowest BCUT2D eigenvalue weighted by Crippen LogP contribution is -2.26. The van der Waals surface area contributed by atoms with Gasteiger partial charge in [0, 0.05) is 11.4 Å². The van der Waals surface area contributed by atoms with Crippen molar-refractivity contribution in [1.29, 1.82) is 0 Å². The van der Waals surface area contributed by atoms with Crippen molar-refractivity contribution in [3.05, 3.63) is 84.3 Å². The molecule has 2 aromatic heterocycles. The van der Waals surface area contributed by atoms with Crippen molar-refractivity contribution in [2.75, 3.05) is 25.3 Å². The van der Waals surface area contributed by atoms with Gasteiger partial charge in [0.15, 0.2) is 23.1 Å². The lowest BCUT2D eigenvalue weighted by Gasteiger charge is -2.24. The second-order valence-electron chi connectivity index (χ2n) is 7.23. The van der Waals surface area contributed by atoms with Crippen LogP contribution >= 0.6 is 11.3 Å². The predicted molar refractivity (Wildman–Crippen MR) is 122 cm³/mol. The van der Waals surface area contributed by atoms with Gasteiger partial charge in [0.1, 0.15) is 12.6 Å². The summed E-state index contributed by atoms with van der Waals surface area (Å²) < 4.78 is 31.0. The molecule has 0 radical (unpaired) electrons. The molecule has 0 saturated carbocycles. The van der Waals surface area contributed by atoms with Crippen LogP contribution in [0.25, 0.3) is 20.7 Å². The van der Waals surface area contributed by atoms with E-state index < -0.39 is 5.82 Å². The molecule has 0 fully saturated rings. The fourth-order valence-corrected chi connectivity index (χ4v) is 4.70. The minimum absolute atomic E-state index is 0.219. The molecular formula is C24H20FN3O3S. The largest absolute Gasteiger partial charge is 0.494 e. The maximum absolute atomic E-state index is 14.3. The summed E-state index contributed by atoms with van der Waals surface area (Å²) in [5.74, 6) is 1.35. The minimum Gasteiger partial charge on any atom is -0.494 e. The summed E-state index contributed by atoms with van der Waals surface area (Å²) in [6.07, 6.45) is 3.19. The molecule has 0 unspecified atom stereocenters. The monoisotopic (exact) mass is 449 g/mol. The first-order valence-corrected chi connectivity index (χ1v) is 10.8. The van der Waals surface area contributed by atoms with E-state index in [0.717, 1.165) is 37.8 Å². The van der Waals surface area contributed by atoms with Crippen LogP contribution in [0, 0.1) is 5.82 Å². The van der Waals surface area contributed by atoms with Crippen molar-refractivity contribution < 1.29 is 18.6 Å². The summed E-state index contributed by atoms with van der Waals surface area (Å²) in [5.41, 5.74) is 2.72. The average molecular weight is 450 g/mol. The molecule has 0 spiro atoms. The SMILES string of the molecule is COc1ccc(-c2cc3ncnc(N(CC4=COCO4)Cc4ccccc4)c3s2)cc1F. The Hall–Kier alpha value is -3.65. The van der Waals surface area contributed by atoms with Crippen LogP contribution in [0.4, 0.5) is 10.2 Å². The zero-order valence-corrected chi connectivity index (χ0v) is 18.1. The van der Waals surface area contributed by atoms with Gasteiger partial charge in [-0.15, -0.1) is 11.3 Å². The van der Waals surface area contributed by atoms with Crippen LogP contribution in [0.3, 0.4) is 0 Å². The number of anilines is 1. The fraction of sp³-hybridized carbons (Fsp3) is 0.167. The topological polar surface area (TPSA) is 56.7 Å². The first-order valence-electron chi connectivity index (χ1n) is 10.0. The number of ether oxygens (including phenoxy) is 3. The zero-order valence-electron chi connectivity index (χ0n) is 17.3. The van der Waals surface area contributed by atoms with Crippen molar-refractivity contribution in [3.63, 3.8) is 0 Å². The van der Waals surface area contributed by atoms with Gasteiger partial charge in [0.2, 0.25) is 6.79 Å². The molecular weight excluding hydrogens is 429 g/mol. The van der Waals surface area contributed by atoms with E-state index in [-0.39, 0.29) is 12.5 Å². The van der Waals surface area contributed by atoms with Crippen LogP contribution in [-0.4, -0.2) is 30.4 Å². The van der Waals surface area contributed by atoms with E-state index in [1.807, 2.05) is 30.3 Å². The maximum atomic E-state index is 14.3. The first kappa shape index (κ1) is 20.3. The highest BCUT2D eigenvalue weighted by Gasteiger charge is 2.20. The number of aromatic nitrogens is 2. The van der Waals surface area contributed by atoms with Gasteiger partial charge in [-0.3, -0.25) is 0 Å². The van der Waals surface area contributed by atoms with E-state index in [1.54, 1.807) is 18.7 Å². The first-order chi connectivity index (χ1) is 15.7. The van der Waals surface area contributed by atoms with Crippen LogP contribution in [0.5, 0.6) is 5.75 Å². The molecule has 4 aromatic rings. The van der Waals surface area contributed by atoms with Gasteiger partial charge in [-0.05, 0) is 35.4 Å². The number of rotatable bonds is 7. The standard InChI is InChI=1S/C24H20FN3O3S/c1-29-21-8-7-17(9-19(21)25)22-10-20-23(32-22)24(27-14-26-20)28(12-18-13-30-15-31-18)11-16-5-3-2-4-6-16/h2-10,13-14H,11-12,15H2,1H3. The molecule has 2 aromatic carbocycles. The van der Waals surface area contributed by atoms with Gasteiger partial charge in [0.05, 0.1) is 23.9 Å². The van der Waals surface area contributed by atoms with Crippen molar-refractivity contribution >= 4 is 27.4 Å². The third kappa shape index (κ3) is 4.09. The van der Waals surface area contributed by atoms with Crippen LogP contribution in [0.15, 0.2) is 72.9 Å². The number of hydrogen-bond donors (Lipinski definition) is 0. The van der Waals surface area contributed by atoms with Crippen LogP contribution in [-0.2, 0) is 16.0 Å². The summed E-state index contributed by atoms with van der Waals surface area (Å²) in [6.45, 7) is 1.36. The Bertz CT molecular complexity index is 1280. The Morgan fingerprint density at radius 2 is 1.97 bits per heavy atom. The van der Waals surface area contributed by atoms with Gasteiger partial charge in [0.25, 0.3) is 0 Å². The lowest BCUT2D eigenvalue weighted by atomic mass is 10.1. The highest BCUT2D eigenvalue weighted by Crippen LogP contribution is 2.38. The molecule has 3 heterocycles. The molecule has 1 aliphatic heterocycles. The third-order valence-electron chi connectivity index (χ3n) is 5.12. The average Bonchev–Trinajstić information content (AvgIpc) is 3.49. The quantitative estimate of drug-likeness (QED) is 0.379. The molecule has 0 bridgehead atoms. The highest BCUT2D eigenvalue weighted by atomic mass is 32.1. The molecule has 1 aliphatic rings. The van der Waals surface area contributed by atoms with Gasteiger partial charge in [-0.1, -0.05) is 30.3 Å². The summed E-state index contributed by atoms with van der Waals surface area (Å²) in [6, 6.07) is 17.1. The number of fused-ring (bicyclic) bond motifs is 1. The summed E-state index contributed by atoms with van der Waals surface area (Å²) in [5, 5.41) is 0. The van der Waals surface area contributed by atoms with Gasteiger partial charge in [-0.2, -0.15) is 0 Å². The normalized spacial score (nSPS) is 12.9. The van der Waals surface area contributed by atoms with E-state index in [1.165, 1.54) is 24.5 Å². The van der Waals surface area contributed by atoms with Gasteiger partial charge < -0.3 is 19.1 Å². The summed E-state index contributed by atoms with van der Waals surface area (Å²) in [4.78, 5) is 12.1. The van der Waals surface area contributed by atoms with Crippen LogP contribution in [0.1, 0.15) is 5.56 Å². The number of halogens is 1. The Morgan fingerprint density at radius 1 is 1.09 bits per heavy atom. The van der Waals surface area contributed by atoms with Crippen molar-refractivity contribution in [3.8, 4) is 16.2 Å². The molecule has 5 rings (SSSR count). The molecule has 0 amide bonds. The van der Waals surface area contributed by atoms with Crippen LogP contribution < -0.4 is 9.64 Å². The molecule has 0 saturated heterocycles. The second kappa shape index (κ2) is 8.84. The molecule has 0 aliphatic carbocycles. The van der Waals surface area contributed by atoms with Crippen molar-refractivity contribution in [2.45, 2.75) is 6.54 Å². The number of benzene rings is 2. The summed E-state index contributed by atoms with van der Waals surface area (Å²) >= 11 is 1.53. The Balaban J connectivity index is 1.55. The lowest BCUT2D eigenvalue weighted by molar-refractivity contribution is 0.0797. The Labute approximate surface area is 188 Å². The zero-order chi connectivity index (χ0) is 21.9. The molecule has 32 heavy (non-hydrogen) atoms. The highest BCUT2D eigenvalue weighted by molar-refractivity contribution is 7.22. The summed E-state index contributed by atoms with van der Waals surface area (Å²) in [7, 11) is 1.45. The predicted octanol–water partition coefficient (Wildman–Crippen LogP) is 5.36. The molecule has 0 N–H and O–H groups in total. The minimum atomic E-state index is -0.398. The van der Waals surface area contributed by atoms with E-state index >= 15 is 0 Å². The fourth-order valence-electron chi connectivity index (χ4n) is 3.58. The smallest absolute Gasteiger partial charge is 0.229 e. The third-order valence-corrected chi connectivity index (χ3v) is 6.29. The molecule has 162 valence electrons.